The van der Waals surface area contributed by atoms with Crippen LogP contribution >= 0.6 is 22.6 Å². The van der Waals surface area contributed by atoms with Crippen LogP contribution in [0.2, 0.25) is 0 Å². The number of rotatable bonds is 2. The molecule has 0 unspecified atom stereocenters. The Balaban J connectivity index is 2.74. The smallest absolute Gasteiger partial charge is 0.196 e. The zero-order chi connectivity index (χ0) is 8.27. The predicted octanol–water partition coefficient (Wildman–Crippen LogP) is 1.90. The Bertz CT molecular complexity index is 253. The molecule has 1 aromatic carbocycles. The maximum Gasteiger partial charge on any atom is 0.196 e. The Morgan fingerprint density at radius 1 is 1.36 bits per heavy atom. The molecule has 0 heterocycles. The highest BCUT2D eigenvalue weighted by Crippen LogP contribution is 2.10. The van der Waals surface area contributed by atoms with E-state index in [1.807, 2.05) is 0 Å². The van der Waals surface area contributed by atoms with Crippen molar-refractivity contribution in [3.63, 3.8) is 0 Å². The Morgan fingerprint density at radius 2 is 1.91 bits per heavy atom. The number of hydrogen-bond donors (Lipinski definition) is 1. The number of aromatic hydroxyl groups is 1. The third kappa shape index (κ3) is 2.88. The van der Waals surface area contributed by atoms with E-state index in [0.717, 1.165) is 5.56 Å². The second kappa shape index (κ2) is 3.71. The number of phenolic OH excluding ortho intramolecular Hbond substituents is 1. The zero-order valence-electron chi connectivity index (χ0n) is 5.75. The van der Waals surface area contributed by atoms with E-state index < -0.39 is 0 Å². The van der Waals surface area contributed by atoms with E-state index in [2.05, 4.69) is 0 Å². The van der Waals surface area contributed by atoms with E-state index in [1.165, 1.54) is 0 Å². The molecule has 2 nitrogen and oxygen atoms in total. The second-order valence-corrected chi connectivity index (χ2v) is 3.40. The summed E-state index contributed by atoms with van der Waals surface area (Å²) < 4.78 is 0.105. The third-order valence-corrected chi connectivity index (χ3v) is 1.66. The van der Waals surface area contributed by atoms with Crippen molar-refractivity contribution in [2.24, 2.45) is 0 Å². The van der Waals surface area contributed by atoms with E-state index in [0.29, 0.717) is 6.42 Å². The molecule has 0 atom stereocenters. The maximum atomic E-state index is 10.6. The molecule has 0 bridgehead atoms. The van der Waals surface area contributed by atoms with Gasteiger partial charge in [0, 0.05) is 6.42 Å². The van der Waals surface area contributed by atoms with Crippen LogP contribution in [0.5, 0.6) is 5.75 Å². The molecule has 1 aromatic rings. The number of hydrogen-bond acceptors (Lipinski definition) is 2. The van der Waals surface area contributed by atoms with Gasteiger partial charge in [-0.25, -0.2) is 0 Å². The minimum Gasteiger partial charge on any atom is -0.508 e. The molecular weight excluding hydrogens is 255 g/mol. The van der Waals surface area contributed by atoms with Crippen molar-refractivity contribution in [3.05, 3.63) is 29.8 Å². The highest BCUT2D eigenvalue weighted by atomic mass is 127. The first-order chi connectivity index (χ1) is 5.18. The van der Waals surface area contributed by atoms with Crippen LogP contribution in [0.25, 0.3) is 0 Å². The van der Waals surface area contributed by atoms with Gasteiger partial charge in [0.25, 0.3) is 0 Å². The van der Waals surface area contributed by atoms with Crippen molar-refractivity contribution in [2.45, 2.75) is 6.42 Å². The summed E-state index contributed by atoms with van der Waals surface area (Å²) >= 11 is 1.75. The Labute approximate surface area is 78.4 Å². The molecule has 1 N–H and O–H groups in total. The minimum absolute atomic E-state index is 0.105. The number of halogens is 1. The molecule has 58 valence electrons. The van der Waals surface area contributed by atoms with Crippen LogP contribution in [0.1, 0.15) is 5.56 Å². The summed E-state index contributed by atoms with van der Waals surface area (Å²) in [6.07, 6.45) is 0.431. The van der Waals surface area contributed by atoms with Crippen LogP contribution in [0.15, 0.2) is 24.3 Å². The largest absolute Gasteiger partial charge is 0.508 e. The molecule has 11 heavy (non-hydrogen) atoms. The molecular formula is C8H7IO2. The van der Waals surface area contributed by atoms with Gasteiger partial charge in [0.2, 0.25) is 0 Å². The molecule has 1 rings (SSSR count). The average molecular weight is 262 g/mol. The van der Waals surface area contributed by atoms with Gasteiger partial charge in [-0.15, -0.1) is 0 Å². The van der Waals surface area contributed by atoms with E-state index in [4.69, 9.17) is 5.11 Å². The van der Waals surface area contributed by atoms with Gasteiger partial charge >= 0.3 is 0 Å². The van der Waals surface area contributed by atoms with Crippen molar-refractivity contribution in [3.8, 4) is 5.75 Å². The quantitative estimate of drug-likeness (QED) is 0.652. The fourth-order valence-corrected chi connectivity index (χ4v) is 1.21. The van der Waals surface area contributed by atoms with Crippen molar-refractivity contribution in [1.82, 2.24) is 0 Å². The summed E-state index contributed by atoms with van der Waals surface area (Å²) in [5.41, 5.74) is 0.933. The first kappa shape index (κ1) is 8.52. The van der Waals surface area contributed by atoms with Crippen molar-refractivity contribution < 1.29 is 9.90 Å². The predicted molar refractivity (Wildman–Crippen MR) is 50.8 cm³/mol. The van der Waals surface area contributed by atoms with Gasteiger partial charge in [-0.2, -0.15) is 0 Å². The number of phenols is 1. The lowest BCUT2D eigenvalue weighted by Crippen LogP contribution is -1.91. The lowest BCUT2D eigenvalue weighted by molar-refractivity contribution is -0.108. The monoisotopic (exact) mass is 262 g/mol. The SMILES string of the molecule is O=C(I)Cc1ccc(O)cc1. The number of carbonyl (C=O) groups excluding carboxylic acids is 1. The lowest BCUT2D eigenvalue weighted by atomic mass is 10.2. The summed E-state index contributed by atoms with van der Waals surface area (Å²) in [7, 11) is 0. The summed E-state index contributed by atoms with van der Waals surface area (Å²) in [6, 6.07) is 6.64. The van der Waals surface area contributed by atoms with Crippen LogP contribution in [-0.4, -0.2) is 8.90 Å². The molecule has 0 saturated heterocycles. The van der Waals surface area contributed by atoms with Gasteiger partial charge in [-0.05, 0) is 40.3 Å². The van der Waals surface area contributed by atoms with E-state index in [9.17, 15) is 4.79 Å². The van der Waals surface area contributed by atoms with Gasteiger partial charge in [0.05, 0.1) is 0 Å². The molecule has 0 radical (unpaired) electrons. The molecule has 0 aromatic heterocycles. The molecule has 0 amide bonds. The van der Waals surface area contributed by atoms with Crippen molar-refractivity contribution in [1.29, 1.82) is 0 Å². The minimum atomic E-state index is 0.105. The van der Waals surface area contributed by atoms with Gasteiger partial charge in [0.1, 0.15) is 5.75 Å². The van der Waals surface area contributed by atoms with Crippen LogP contribution in [-0.2, 0) is 11.2 Å². The molecule has 0 spiro atoms. The molecule has 0 fully saturated rings. The summed E-state index contributed by atoms with van der Waals surface area (Å²) in [5.74, 6) is 0.231. The van der Waals surface area contributed by atoms with Crippen LogP contribution in [0.3, 0.4) is 0 Å². The van der Waals surface area contributed by atoms with Crippen LogP contribution in [0, 0.1) is 0 Å². The standard InChI is InChI=1S/C8H7IO2/c9-8(11)5-6-1-3-7(10)4-2-6/h1-4,10H,5H2. The lowest BCUT2D eigenvalue weighted by Gasteiger charge is -1.95. The first-order valence-electron chi connectivity index (χ1n) is 3.15. The molecule has 0 aliphatic rings. The van der Waals surface area contributed by atoms with E-state index in [1.54, 1.807) is 46.9 Å². The summed E-state index contributed by atoms with van der Waals surface area (Å²) in [6.45, 7) is 0. The maximum absolute atomic E-state index is 10.6. The third-order valence-electron chi connectivity index (χ3n) is 1.28. The summed E-state index contributed by atoms with van der Waals surface area (Å²) in [5, 5.41) is 8.90. The van der Waals surface area contributed by atoms with E-state index in [-0.39, 0.29) is 9.54 Å². The van der Waals surface area contributed by atoms with Gasteiger partial charge in [-0.1, -0.05) is 12.1 Å². The summed E-state index contributed by atoms with van der Waals surface area (Å²) in [4.78, 5) is 10.6. The average Bonchev–Trinajstić information content (AvgIpc) is 1.93. The molecule has 0 aliphatic carbocycles. The zero-order valence-corrected chi connectivity index (χ0v) is 7.91. The molecule has 3 heteroatoms. The van der Waals surface area contributed by atoms with Crippen molar-refractivity contribution in [2.75, 3.05) is 0 Å². The number of benzene rings is 1. The Morgan fingerprint density at radius 3 is 2.36 bits per heavy atom. The Hall–Kier alpha value is -0.580. The van der Waals surface area contributed by atoms with Crippen LogP contribution < -0.4 is 0 Å². The Kier molecular flexibility index (Phi) is 2.87. The fourth-order valence-electron chi connectivity index (χ4n) is 0.774. The van der Waals surface area contributed by atoms with Gasteiger partial charge in [-0.3, -0.25) is 4.79 Å². The molecule has 0 saturated carbocycles. The number of carbonyl (C=O) groups is 1. The topological polar surface area (TPSA) is 37.3 Å². The highest BCUT2D eigenvalue weighted by Gasteiger charge is 1.97. The van der Waals surface area contributed by atoms with Gasteiger partial charge < -0.3 is 5.11 Å². The van der Waals surface area contributed by atoms with Gasteiger partial charge in [0.15, 0.2) is 3.79 Å². The van der Waals surface area contributed by atoms with E-state index >= 15 is 0 Å². The fraction of sp³-hybridized carbons (Fsp3) is 0.125. The first-order valence-corrected chi connectivity index (χ1v) is 4.22. The normalized spacial score (nSPS) is 9.55. The van der Waals surface area contributed by atoms with Crippen LogP contribution in [0.4, 0.5) is 0 Å². The van der Waals surface area contributed by atoms with Crippen molar-refractivity contribution >= 4 is 26.4 Å². The molecule has 0 aliphatic heterocycles. The second-order valence-electron chi connectivity index (χ2n) is 2.20. The highest BCUT2D eigenvalue weighted by molar-refractivity contribution is 14.1.